The molecule has 1 aromatic rings. The van der Waals surface area contributed by atoms with Crippen molar-refractivity contribution in [3.8, 4) is 0 Å². The summed E-state index contributed by atoms with van der Waals surface area (Å²) in [6.45, 7) is 8.56. The van der Waals surface area contributed by atoms with Crippen molar-refractivity contribution in [3.05, 3.63) is 29.3 Å². The average Bonchev–Trinajstić information content (AvgIpc) is 2.42. The molecule has 0 radical (unpaired) electrons. The van der Waals surface area contributed by atoms with Crippen LogP contribution in [-0.2, 0) is 0 Å². The van der Waals surface area contributed by atoms with Gasteiger partial charge in [0, 0.05) is 31.7 Å². The molecule has 1 fully saturated rings. The number of anilines is 1. The van der Waals surface area contributed by atoms with Crippen molar-refractivity contribution < 1.29 is 13.6 Å². The zero-order valence-electron chi connectivity index (χ0n) is 12.6. The number of nitrogens with zero attached hydrogens (tertiary/aromatic N) is 2. The van der Waals surface area contributed by atoms with Crippen LogP contribution in [0.3, 0.4) is 0 Å². The maximum atomic E-state index is 13.9. The van der Waals surface area contributed by atoms with Gasteiger partial charge in [0.05, 0.1) is 5.69 Å². The number of nitrogens with two attached hydrogens (primary N) is 1. The summed E-state index contributed by atoms with van der Waals surface area (Å²) >= 11 is 0. The lowest BCUT2D eigenvalue weighted by Crippen LogP contribution is -2.54. The maximum absolute atomic E-state index is 13.9. The Bertz CT molecular complexity index is 547. The van der Waals surface area contributed by atoms with Crippen LogP contribution in [0.1, 0.15) is 31.1 Å². The summed E-state index contributed by atoms with van der Waals surface area (Å²) in [5.74, 6) is -2.48. The molecule has 0 aromatic heterocycles. The molecule has 21 heavy (non-hydrogen) atoms. The Morgan fingerprint density at radius 2 is 1.71 bits per heavy atom. The van der Waals surface area contributed by atoms with Crippen molar-refractivity contribution in [1.29, 1.82) is 0 Å². The molecule has 1 heterocycles. The van der Waals surface area contributed by atoms with E-state index in [1.807, 2.05) is 0 Å². The molecule has 116 valence electrons. The van der Waals surface area contributed by atoms with Crippen LogP contribution in [-0.4, -0.2) is 47.4 Å². The number of rotatable bonds is 1. The van der Waals surface area contributed by atoms with Crippen LogP contribution in [0, 0.1) is 11.6 Å². The fourth-order valence-corrected chi connectivity index (χ4v) is 2.50. The summed E-state index contributed by atoms with van der Waals surface area (Å²) in [6, 6.07) is 2.15. The van der Waals surface area contributed by atoms with Gasteiger partial charge < -0.3 is 10.6 Å². The van der Waals surface area contributed by atoms with Crippen LogP contribution in [0.2, 0.25) is 0 Å². The van der Waals surface area contributed by atoms with Gasteiger partial charge in [0.1, 0.15) is 11.4 Å². The molecule has 1 aliphatic rings. The number of benzene rings is 1. The molecule has 0 bridgehead atoms. The van der Waals surface area contributed by atoms with Gasteiger partial charge in [-0.2, -0.15) is 0 Å². The maximum Gasteiger partial charge on any atom is 0.259 e. The van der Waals surface area contributed by atoms with Crippen LogP contribution in [0.5, 0.6) is 0 Å². The third kappa shape index (κ3) is 3.15. The fourth-order valence-electron chi connectivity index (χ4n) is 2.50. The van der Waals surface area contributed by atoms with Gasteiger partial charge in [-0.15, -0.1) is 0 Å². The molecule has 1 aromatic carbocycles. The second-order valence-corrected chi connectivity index (χ2v) is 6.28. The molecule has 1 saturated heterocycles. The fraction of sp³-hybridized carbons (Fsp3) is 0.533. The van der Waals surface area contributed by atoms with E-state index < -0.39 is 23.1 Å². The average molecular weight is 297 g/mol. The highest BCUT2D eigenvalue weighted by Gasteiger charge is 2.30. The Morgan fingerprint density at radius 1 is 1.14 bits per heavy atom. The molecule has 0 spiro atoms. The van der Waals surface area contributed by atoms with E-state index in [-0.39, 0.29) is 11.2 Å². The summed E-state index contributed by atoms with van der Waals surface area (Å²) < 4.78 is 27.7. The van der Waals surface area contributed by atoms with Crippen molar-refractivity contribution in [2.75, 3.05) is 31.9 Å². The molecule has 2 N–H and O–H groups in total. The first-order valence-electron chi connectivity index (χ1n) is 6.99. The summed E-state index contributed by atoms with van der Waals surface area (Å²) in [5, 5.41) is 0. The molecule has 0 aliphatic carbocycles. The predicted molar refractivity (Wildman–Crippen MR) is 78.0 cm³/mol. The summed E-state index contributed by atoms with van der Waals surface area (Å²) in [4.78, 5) is 16.0. The van der Waals surface area contributed by atoms with Crippen LogP contribution < -0.4 is 5.73 Å². The Hall–Kier alpha value is -1.69. The quantitative estimate of drug-likeness (QED) is 0.808. The Kier molecular flexibility index (Phi) is 4.18. The number of carbonyl (C=O) groups is 1. The number of hydrogen-bond donors (Lipinski definition) is 1. The highest BCUT2D eigenvalue weighted by atomic mass is 19.1. The SMILES string of the molecule is CC(C)(C)N1CCN(C(=O)c2c(F)ccc(N)c2F)CC1. The minimum absolute atomic E-state index is 0.0167. The van der Waals surface area contributed by atoms with E-state index in [1.54, 1.807) is 0 Å². The number of hydrogen-bond acceptors (Lipinski definition) is 3. The van der Waals surface area contributed by atoms with Gasteiger partial charge in [0.2, 0.25) is 0 Å². The van der Waals surface area contributed by atoms with Crippen molar-refractivity contribution in [2.45, 2.75) is 26.3 Å². The number of carbonyl (C=O) groups excluding carboxylic acids is 1. The predicted octanol–water partition coefficient (Wildman–Crippen LogP) is 2.10. The zero-order chi connectivity index (χ0) is 15.8. The van der Waals surface area contributed by atoms with E-state index in [2.05, 4.69) is 25.7 Å². The van der Waals surface area contributed by atoms with Gasteiger partial charge in [-0.05, 0) is 32.9 Å². The smallest absolute Gasteiger partial charge is 0.259 e. The molecule has 0 atom stereocenters. The highest BCUT2D eigenvalue weighted by molar-refractivity contribution is 5.95. The molecular formula is C15H21F2N3O. The van der Waals surface area contributed by atoms with E-state index >= 15 is 0 Å². The first-order valence-corrected chi connectivity index (χ1v) is 6.99. The summed E-state index contributed by atoms with van der Waals surface area (Å²) in [6.07, 6.45) is 0. The Labute approximate surface area is 123 Å². The van der Waals surface area contributed by atoms with Crippen LogP contribution in [0.15, 0.2) is 12.1 Å². The largest absolute Gasteiger partial charge is 0.396 e. The monoisotopic (exact) mass is 297 g/mol. The summed E-state index contributed by atoms with van der Waals surface area (Å²) in [5.41, 5.74) is 4.66. The van der Waals surface area contributed by atoms with Gasteiger partial charge >= 0.3 is 0 Å². The lowest BCUT2D eigenvalue weighted by atomic mass is 10.0. The summed E-state index contributed by atoms with van der Waals surface area (Å²) in [7, 11) is 0. The lowest BCUT2D eigenvalue weighted by Gasteiger charge is -2.42. The molecule has 1 aliphatic heterocycles. The van der Waals surface area contributed by atoms with Crippen LogP contribution in [0.25, 0.3) is 0 Å². The Morgan fingerprint density at radius 3 is 2.24 bits per heavy atom. The van der Waals surface area contributed by atoms with Gasteiger partial charge in [0.15, 0.2) is 5.82 Å². The normalized spacial score (nSPS) is 17.1. The standard InChI is InChI=1S/C15H21F2N3O/c1-15(2,3)20-8-6-19(7-9-20)14(21)12-10(16)4-5-11(18)13(12)17/h4-5H,6-9,18H2,1-3H3. The second kappa shape index (κ2) is 5.60. The molecule has 0 unspecified atom stereocenters. The highest BCUT2D eigenvalue weighted by Crippen LogP contribution is 2.22. The van der Waals surface area contributed by atoms with Gasteiger partial charge in [-0.25, -0.2) is 8.78 Å². The van der Waals surface area contributed by atoms with Gasteiger partial charge in [-0.3, -0.25) is 9.69 Å². The minimum Gasteiger partial charge on any atom is -0.396 e. The number of halogens is 2. The van der Waals surface area contributed by atoms with Crippen molar-refractivity contribution in [2.24, 2.45) is 0 Å². The first kappa shape index (κ1) is 15.7. The van der Waals surface area contributed by atoms with E-state index in [0.29, 0.717) is 26.2 Å². The van der Waals surface area contributed by atoms with Gasteiger partial charge in [0.25, 0.3) is 5.91 Å². The number of nitrogen functional groups attached to an aromatic ring is 1. The molecule has 1 amide bonds. The molecule has 0 saturated carbocycles. The third-order valence-corrected chi connectivity index (χ3v) is 3.85. The number of piperazine rings is 1. The molecule has 6 heteroatoms. The Balaban J connectivity index is 2.15. The lowest BCUT2D eigenvalue weighted by molar-refractivity contribution is 0.0444. The van der Waals surface area contributed by atoms with E-state index in [4.69, 9.17) is 5.73 Å². The van der Waals surface area contributed by atoms with E-state index in [0.717, 1.165) is 12.1 Å². The van der Waals surface area contributed by atoms with Crippen molar-refractivity contribution >= 4 is 11.6 Å². The van der Waals surface area contributed by atoms with Crippen molar-refractivity contribution in [1.82, 2.24) is 9.80 Å². The van der Waals surface area contributed by atoms with Crippen molar-refractivity contribution in [3.63, 3.8) is 0 Å². The van der Waals surface area contributed by atoms with Crippen LogP contribution >= 0.6 is 0 Å². The first-order chi connectivity index (χ1) is 9.71. The minimum atomic E-state index is -0.974. The molecular weight excluding hydrogens is 276 g/mol. The molecule has 4 nitrogen and oxygen atoms in total. The zero-order valence-corrected chi connectivity index (χ0v) is 12.6. The third-order valence-electron chi connectivity index (χ3n) is 3.85. The van der Waals surface area contributed by atoms with E-state index in [1.165, 1.54) is 4.90 Å². The number of amides is 1. The second-order valence-electron chi connectivity index (χ2n) is 6.28. The van der Waals surface area contributed by atoms with Gasteiger partial charge in [-0.1, -0.05) is 0 Å². The van der Waals surface area contributed by atoms with E-state index in [9.17, 15) is 13.6 Å². The topological polar surface area (TPSA) is 49.6 Å². The van der Waals surface area contributed by atoms with Crippen LogP contribution in [0.4, 0.5) is 14.5 Å². The molecule has 2 rings (SSSR count).